The summed E-state index contributed by atoms with van der Waals surface area (Å²) in [7, 11) is 0. The van der Waals surface area contributed by atoms with E-state index in [2.05, 4.69) is 16.6 Å². The molecule has 3 aliphatic heterocycles. The second-order valence-electron chi connectivity index (χ2n) is 12.0. The van der Waals surface area contributed by atoms with E-state index in [-0.39, 0.29) is 30.4 Å². The molecular weight excluding hydrogens is 623 g/mol. The van der Waals surface area contributed by atoms with E-state index in [9.17, 15) is 14.4 Å². The summed E-state index contributed by atoms with van der Waals surface area (Å²) in [6.45, 7) is 6.40. The number of terminal acetylenes is 1. The van der Waals surface area contributed by atoms with Gasteiger partial charge in [-0.1, -0.05) is 47.3 Å². The Balaban J connectivity index is 1.43. The summed E-state index contributed by atoms with van der Waals surface area (Å²) in [5, 5.41) is 7.22. The summed E-state index contributed by atoms with van der Waals surface area (Å²) >= 11 is 12.8. The smallest absolute Gasteiger partial charge is 0.319 e. The van der Waals surface area contributed by atoms with E-state index in [0.29, 0.717) is 71.6 Å². The predicted molar refractivity (Wildman–Crippen MR) is 179 cm³/mol. The third-order valence-electron chi connectivity index (χ3n) is 9.53. The monoisotopic (exact) mass is 658 g/mol. The fourth-order valence-electron chi connectivity index (χ4n) is 7.28. The van der Waals surface area contributed by atoms with Crippen molar-refractivity contribution in [1.82, 2.24) is 15.1 Å². The molecule has 0 radical (unpaired) electrons. The Labute approximate surface area is 279 Å². The molecule has 10 heteroatoms. The molecule has 6 rings (SSSR count). The van der Waals surface area contributed by atoms with Crippen LogP contribution >= 0.6 is 23.2 Å². The summed E-state index contributed by atoms with van der Waals surface area (Å²) in [4.78, 5) is 44.7. The minimum Gasteiger partial charge on any atom is -0.490 e. The average Bonchev–Trinajstić information content (AvgIpc) is 3.33. The van der Waals surface area contributed by atoms with Crippen molar-refractivity contribution in [2.45, 2.75) is 56.6 Å². The number of carbonyl (C=O) groups excluding carboxylic acids is 3. The SMILES string of the molecule is C#Cc1ccc(OC2CCN(C(=O)N(CC)CC)CC2)c([C@H]2NC(=O)C[C@@H](c3cccc(Cl)c3)C23C(=O)Nc2cc(Cl)ccc23)c1. The predicted octanol–water partition coefficient (Wildman–Crippen LogP) is 6.51. The number of amides is 4. The van der Waals surface area contributed by atoms with Crippen LogP contribution in [0.4, 0.5) is 10.5 Å². The standard InChI is InChI=1S/C36H36Cl2N4O4/c1-4-22-10-13-31(46-26-14-16-42(17-15-26)35(45)41(5-2)6-3)27(18-22)33-36(28-12-11-25(38)20-30(28)39-34(36)44)29(21-32(43)40-33)23-8-7-9-24(37)19-23/h1,7-13,18-20,26,29,33H,5-6,14-17,21H2,2-3H3,(H,39,44)(H,40,43)/t29-,33+,36?/m0/s1. The first-order valence-corrected chi connectivity index (χ1v) is 16.4. The Morgan fingerprint density at radius 3 is 2.48 bits per heavy atom. The molecule has 1 spiro atoms. The van der Waals surface area contributed by atoms with Crippen molar-refractivity contribution in [3.63, 3.8) is 0 Å². The molecule has 0 aromatic heterocycles. The normalized spacial score (nSPS) is 22.5. The lowest BCUT2D eigenvalue weighted by atomic mass is 9.59. The maximum atomic E-state index is 14.5. The van der Waals surface area contributed by atoms with Crippen LogP contribution in [0.1, 0.15) is 67.3 Å². The van der Waals surface area contributed by atoms with Gasteiger partial charge in [-0.05, 0) is 67.4 Å². The molecule has 2 fully saturated rings. The molecule has 0 saturated carbocycles. The van der Waals surface area contributed by atoms with Gasteiger partial charge in [0.25, 0.3) is 0 Å². The molecule has 2 saturated heterocycles. The molecular formula is C36H36Cl2N4O4. The van der Waals surface area contributed by atoms with Crippen LogP contribution in [0.5, 0.6) is 5.75 Å². The van der Waals surface area contributed by atoms with Crippen LogP contribution in [-0.2, 0) is 15.0 Å². The number of carbonyl (C=O) groups is 3. The zero-order valence-corrected chi connectivity index (χ0v) is 27.3. The number of halogens is 2. The second kappa shape index (κ2) is 12.9. The average molecular weight is 660 g/mol. The molecule has 1 unspecified atom stereocenters. The van der Waals surface area contributed by atoms with Crippen molar-refractivity contribution >= 4 is 46.7 Å². The Morgan fingerprint density at radius 2 is 1.78 bits per heavy atom. The van der Waals surface area contributed by atoms with E-state index in [4.69, 9.17) is 34.4 Å². The number of rotatable bonds is 6. The first-order valence-electron chi connectivity index (χ1n) is 15.7. The topological polar surface area (TPSA) is 91.0 Å². The lowest BCUT2D eigenvalue weighted by Gasteiger charge is -2.47. The van der Waals surface area contributed by atoms with Gasteiger partial charge < -0.3 is 25.2 Å². The van der Waals surface area contributed by atoms with Crippen molar-refractivity contribution in [3.8, 4) is 18.1 Å². The van der Waals surface area contributed by atoms with Gasteiger partial charge in [-0.15, -0.1) is 6.42 Å². The Kier molecular flexibility index (Phi) is 8.91. The Hall–Kier alpha value is -4.19. The number of hydrogen-bond acceptors (Lipinski definition) is 4. The molecule has 46 heavy (non-hydrogen) atoms. The minimum atomic E-state index is -1.27. The minimum absolute atomic E-state index is 0.0347. The molecule has 3 aliphatic rings. The number of urea groups is 1. The lowest BCUT2D eigenvalue weighted by molar-refractivity contribution is -0.131. The van der Waals surface area contributed by atoms with E-state index >= 15 is 0 Å². The van der Waals surface area contributed by atoms with E-state index in [1.54, 1.807) is 24.3 Å². The fraction of sp³-hybridized carbons (Fsp3) is 0.361. The van der Waals surface area contributed by atoms with Gasteiger partial charge in [-0.2, -0.15) is 0 Å². The third-order valence-corrected chi connectivity index (χ3v) is 10.00. The molecule has 3 aromatic rings. The first-order chi connectivity index (χ1) is 22.2. The van der Waals surface area contributed by atoms with E-state index in [1.807, 2.05) is 60.0 Å². The van der Waals surface area contributed by atoms with Gasteiger partial charge in [0, 0.05) is 78.2 Å². The van der Waals surface area contributed by atoms with Gasteiger partial charge in [0.2, 0.25) is 11.8 Å². The molecule has 0 aliphatic carbocycles. The summed E-state index contributed by atoms with van der Waals surface area (Å²) in [6.07, 6.45) is 7.03. The zero-order chi connectivity index (χ0) is 32.6. The molecule has 0 bridgehead atoms. The summed E-state index contributed by atoms with van der Waals surface area (Å²) < 4.78 is 6.68. The third kappa shape index (κ3) is 5.56. The highest BCUT2D eigenvalue weighted by Crippen LogP contribution is 2.58. The Bertz CT molecular complexity index is 1730. The van der Waals surface area contributed by atoms with Crippen LogP contribution in [0.15, 0.2) is 60.7 Å². The van der Waals surface area contributed by atoms with Crippen molar-refractivity contribution < 1.29 is 19.1 Å². The van der Waals surface area contributed by atoms with Gasteiger partial charge in [-0.25, -0.2) is 4.79 Å². The fourth-order valence-corrected chi connectivity index (χ4v) is 7.65. The number of piperidine rings is 2. The van der Waals surface area contributed by atoms with Crippen LogP contribution in [0.2, 0.25) is 10.0 Å². The largest absolute Gasteiger partial charge is 0.490 e. The number of anilines is 1. The van der Waals surface area contributed by atoms with Crippen LogP contribution in [0.3, 0.4) is 0 Å². The zero-order valence-electron chi connectivity index (χ0n) is 25.8. The van der Waals surface area contributed by atoms with Crippen LogP contribution in [0.25, 0.3) is 0 Å². The molecule has 238 valence electrons. The number of likely N-dealkylation sites (tertiary alicyclic amines) is 1. The van der Waals surface area contributed by atoms with E-state index in [1.165, 1.54) is 0 Å². The summed E-state index contributed by atoms with van der Waals surface area (Å²) in [5.74, 6) is 2.19. The van der Waals surface area contributed by atoms with Gasteiger partial charge >= 0.3 is 6.03 Å². The first kappa shape index (κ1) is 31.8. The second-order valence-corrected chi connectivity index (χ2v) is 12.9. The maximum absolute atomic E-state index is 14.5. The van der Waals surface area contributed by atoms with Crippen LogP contribution in [-0.4, -0.2) is 59.9 Å². The van der Waals surface area contributed by atoms with Crippen LogP contribution in [0, 0.1) is 12.3 Å². The van der Waals surface area contributed by atoms with Crippen molar-refractivity contribution in [1.29, 1.82) is 0 Å². The number of benzene rings is 3. The highest BCUT2D eigenvalue weighted by Gasteiger charge is 2.61. The summed E-state index contributed by atoms with van der Waals surface area (Å²) in [5.41, 5.74) is 2.00. The molecule has 4 amide bonds. The van der Waals surface area contributed by atoms with Crippen molar-refractivity contribution in [3.05, 3.63) is 93.0 Å². The molecule has 3 atom stereocenters. The number of ether oxygens (including phenoxy) is 1. The highest BCUT2D eigenvalue weighted by atomic mass is 35.5. The quantitative estimate of drug-likeness (QED) is 0.295. The van der Waals surface area contributed by atoms with Crippen molar-refractivity contribution in [2.75, 3.05) is 31.5 Å². The lowest BCUT2D eigenvalue weighted by Crippen LogP contribution is -2.57. The molecule has 3 heterocycles. The molecule has 3 aromatic carbocycles. The van der Waals surface area contributed by atoms with Gasteiger partial charge in [0.05, 0.1) is 6.04 Å². The van der Waals surface area contributed by atoms with Crippen molar-refractivity contribution in [2.24, 2.45) is 0 Å². The van der Waals surface area contributed by atoms with Crippen LogP contribution < -0.4 is 15.4 Å². The summed E-state index contributed by atoms with van der Waals surface area (Å²) in [6, 6.07) is 17.3. The number of fused-ring (bicyclic) bond motifs is 2. The van der Waals surface area contributed by atoms with E-state index < -0.39 is 17.4 Å². The number of nitrogens with zero attached hydrogens (tertiary/aromatic N) is 2. The van der Waals surface area contributed by atoms with E-state index in [0.717, 1.165) is 11.1 Å². The highest BCUT2D eigenvalue weighted by molar-refractivity contribution is 6.31. The maximum Gasteiger partial charge on any atom is 0.319 e. The van der Waals surface area contributed by atoms with Gasteiger partial charge in [0.15, 0.2) is 0 Å². The molecule has 8 nitrogen and oxygen atoms in total. The number of hydrogen-bond donors (Lipinski definition) is 2. The van der Waals surface area contributed by atoms with Gasteiger partial charge in [0.1, 0.15) is 17.3 Å². The Morgan fingerprint density at radius 1 is 1.04 bits per heavy atom. The van der Waals surface area contributed by atoms with Gasteiger partial charge in [-0.3, -0.25) is 9.59 Å². The number of nitrogens with one attached hydrogen (secondary N) is 2. The molecule has 2 N–H and O–H groups in total.